The number of carbonyl (C=O) groups is 1. The van der Waals surface area contributed by atoms with E-state index in [2.05, 4.69) is 5.32 Å². The Bertz CT molecular complexity index is 1050. The Morgan fingerprint density at radius 2 is 1.69 bits per heavy atom. The van der Waals surface area contributed by atoms with Crippen LogP contribution in [0.3, 0.4) is 0 Å². The van der Waals surface area contributed by atoms with Crippen molar-refractivity contribution in [1.29, 1.82) is 0 Å². The highest BCUT2D eigenvalue weighted by Gasteiger charge is 2.27. The first kappa shape index (κ1) is 23.9. The Morgan fingerprint density at radius 3 is 2.34 bits per heavy atom. The molecule has 1 fully saturated rings. The second kappa shape index (κ2) is 10.7. The van der Waals surface area contributed by atoms with E-state index in [0.717, 1.165) is 18.4 Å². The van der Waals surface area contributed by atoms with Gasteiger partial charge >= 0.3 is 0 Å². The highest BCUT2D eigenvalue weighted by Crippen LogP contribution is 2.28. The zero-order valence-electron chi connectivity index (χ0n) is 18.7. The molecule has 2 aromatic carbocycles. The van der Waals surface area contributed by atoms with Crippen LogP contribution in [0.5, 0.6) is 17.2 Å². The van der Waals surface area contributed by atoms with Crippen LogP contribution in [0, 0.1) is 6.92 Å². The third-order valence-electron chi connectivity index (χ3n) is 5.39. The van der Waals surface area contributed by atoms with E-state index in [-0.39, 0.29) is 17.4 Å². The van der Waals surface area contributed by atoms with E-state index in [1.807, 2.05) is 18.2 Å². The summed E-state index contributed by atoms with van der Waals surface area (Å²) in [5, 5.41) is 2.82. The average molecular weight is 463 g/mol. The molecule has 8 nitrogen and oxygen atoms in total. The van der Waals surface area contributed by atoms with Gasteiger partial charge in [0.25, 0.3) is 5.91 Å². The van der Waals surface area contributed by atoms with E-state index in [1.165, 1.54) is 10.4 Å². The van der Waals surface area contributed by atoms with Crippen LogP contribution >= 0.6 is 0 Å². The lowest BCUT2D eigenvalue weighted by atomic mass is 10.1. The molecule has 1 heterocycles. The zero-order chi connectivity index (χ0) is 23.1. The van der Waals surface area contributed by atoms with Gasteiger partial charge in [-0.3, -0.25) is 4.79 Å². The monoisotopic (exact) mass is 462 g/mol. The first-order chi connectivity index (χ1) is 15.3. The van der Waals surface area contributed by atoms with E-state index in [0.29, 0.717) is 48.9 Å². The van der Waals surface area contributed by atoms with Gasteiger partial charge in [-0.1, -0.05) is 6.07 Å². The van der Waals surface area contributed by atoms with E-state index < -0.39 is 10.0 Å². The number of hydrogen-bond donors (Lipinski definition) is 1. The number of sulfonamides is 1. The molecule has 3 rings (SSSR count). The summed E-state index contributed by atoms with van der Waals surface area (Å²) in [4.78, 5) is 12.4. The van der Waals surface area contributed by atoms with Crippen molar-refractivity contribution in [2.75, 3.05) is 40.5 Å². The minimum atomic E-state index is -3.48. The fourth-order valence-electron chi connectivity index (χ4n) is 3.60. The van der Waals surface area contributed by atoms with Crippen LogP contribution in [0.25, 0.3) is 0 Å². The van der Waals surface area contributed by atoms with Crippen molar-refractivity contribution >= 4 is 15.9 Å². The second-order valence-electron chi connectivity index (χ2n) is 7.62. The summed E-state index contributed by atoms with van der Waals surface area (Å²) in [5.74, 6) is 1.53. The minimum absolute atomic E-state index is 0.148. The molecule has 0 unspecified atom stereocenters. The summed E-state index contributed by atoms with van der Waals surface area (Å²) in [5.41, 5.74) is 1.68. The molecule has 174 valence electrons. The Labute approximate surface area is 189 Å². The lowest BCUT2D eigenvalue weighted by Crippen LogP contribution is -2.30. The van der Waals surface area contributed by atoms with E-state index >= 15 is 0 Å². The number of rotatable bonds is 10. The van der Waals surface area contributed by atoms with Gasteiger partial charge in [-0.15, -0.1) is 0 Å². The van der Waals surface area contributed by atoms with Gasteiger partial charge in [0.05, 0.1) is 19.1 Å². The molecular weight excluding hydrogens is 432 g/mol. The lowest BCUT2D eigenvalue weighted by molar-refractivity contribution is -0.123. The van der Waals surface area contributed by atoms with E-state index in [4.69, 9.17) is 14.2 Å². The molecule has 0 aliphatic carbocycles. The van der Waals surface area contributed by atoms with Crippen molar-refractivity contribution in [3.8, 4) is 17.2 Å². The van der Waals surface area contributed by atoms with Crippen LogP contribution in [-0.2, 0) is 21.2 Å². The molecule has 1 aliphatic heterocycles. The molecule has 0 aromatic heterocycles. The van der Waals surface area contributed by atoms with Crippen LogP contribution in [0.4, 0.5) is 0 Å². The van der Waals surface area contributed by atoms with Gasteiger partial charge in [-0.25, -0.2) is 8.42 Å². The standard InChI is InChI=1S/C23H30N2O6S/c1-17-14-19(32(27,28)25-12-4-5-13-25)7-9-20(17)31-16-23(26)24-11-10-18-6-8-21(29-2)22(15-18)30-3/h6-9,14-15H,4-5,10-13,16H2,1-3H3,(H,24,26). The number of carbonyl (C=O) groups excluding carboxylic acids is 1. The summed E-state index contributed by atoms with van der Waals surface area (Å²) >= 11 is 0. The van der Waals surface area contributed by atoms with E-state index in [1.54, 1.807) is 33.3 Å². The van der Waals surface area contributed by atoms with Gasteiger partial charge < -0.3 is 19.5 Å². The Balaban J connectivity index is 1.49. The molecule has 2 aromatic rings. The molecule has 1 aliphatic rings. The van der Waals surface area contributed by atoms with Gasteiger partial charge in [0.15, 0.2) is 18.1 Å². The molecule has 32 heavy (non-hydrogen) atoms. The Hall–Kier alpha value is -2.78. The van der Waals surface area contributed by atoms with Crippen molar-refractivity contribution in [1.82, 2.24) is 9.62 Å². The molecule has 0 saturated carbocycles. The second-order valence-corrected chi connectivity index (χ2v) is 9.55. The minimum Gasteiger partial charge on any atom is -0.493 e. The maximum atomic E-state index is 12.7. The third-order valence-corrected chi connectivity index (χ3v) is 7.29. The van der Waals surface area contributed by atoms with Crippen molar-refractivity contribution in [2.24, 2.45) is 0 Å². The van der Waals surface area contributed by atoms with Gasteiger partial charge in [0, 0.05) is 19.6 Å². The number of benzene rings is 2. The van der Waals surface area contributed by atoms with Crippen LogP contribution < -0.4 is 19.5 Å². The van der Waals surface area contributed by atoms with Gasteiger partial charge in [-0.2, -0.15) is 4.31 Å². The number of aryl methyl sites for hydroxylation is 1. The van der Waals surface area contributed by atoms with E-state index in [9.17, 15) is 13.2 Å². The fourth-order valence-corrected chi connectivity index (χ4v) is 5.20. The first-order valence-electron chi connectivity index (χ1n) is 10.6. The molecule has 1 amide bonds. The molecule has 1 saturated heterocycles. The number of amides is 1. The summed E-state index contributed by atoms with van der Waals surface area (Å²) in [6, 6.07) is 10.4. The van der Waals surface area contributed by atoms with Crippen LogP contribution in [0.1, 0.15) is 24.0 Å². The molecule has 0 radical (unpaired) electrons. The SMILES string of the molecule is COc1ccc(CCNC(=O)COc2ccc(S(=O)(=O)N3CCCC3)cc2C)cc1OC. The Morgan fingerprint density at radius 1 is 1.00 bits per heavy atom. The zero-order valence-corrected chi connectivity index (χ0v) is 19.5. The Kier molecular flexibility index (Phi) is 7.98. The maximum absolute atomic E-state index is 12.7. The van der Waals surface area contributed by atoms with Crippen LogP contribution in [-0.4, -0.2) is 59.1 Å². The third kappa shape index (κ3) is 5.72. The highest BCUT2D eigenvalue weighted by atomic mass is 32.2. The number of ether oxygens (including phenoxy) is 3. The normalized spacial score (nSPS) is 14.2. The highest BCUT2D eigenvalue weighted by molar-refractivity contribution is 7.89. The van der Waals surface area contributed by atoms with Crippen molar-refractivity contribution in [2.45, 2.75) is 31.1 Å². The van der Waals surface area contributed by atoms with Crippen LogP contribution in [0.15, 0.2) is 41.3 Å². The van der Waals surface area contributed by atoms with Crippen molar-refractivity contribution in [3.05, 3.63) is 47.5 Å². The molecule has 0 atom stereocenters. The maximum Gasteiger partial charge on any atom is 0.257 e. The largest absolute Gasteiger partial charge is 0.493 e. The number of hydrogen-bond acceptors (Lipinski definition) is 6. The summed E-state index contributed by atoms with van der Waals surface area (Å²) in [6.45, 7) is 3.19. The predicted octanol–water partition coefficient (Wildman–Crippen LogP) is 2.53. The number of nitrogens with zero attached hydrogens (tertiary/aromatic N) is 1. The van der Waals surface area contributed by atoms with Gasteiger partial charge in [-0.05, 0) is 67.6 Å². The molecular formula is C23H30N2O6S. The molecule has 0 bridgehead atoms. The van der Waals surface area contributed by atoms with Crippen LogP contribution in [0.2, 0.25) is 0 Å². The predicted molar refractivity (Wildman–Crippen MR) is 121 cm³/mol. The summed E-state index contributed by atoms with van der Waals surface area (Å²) in [6.07, 6.45) is 2.41. The van der Waals surface area contributed by atoms with Gasteiger partial charge in [0.1, 0.15) is 5.75 Å². The molecule has 9 heteroatoms. The summed E-state index contributed by atoms with van der Waals surface area (Å²) in [7, 11) is -0.312. The average Bonchev–Trinajstić information content (AvgIpc) is 3.34. The van der Waals surface area contributed by atoms with Crippen molar-refractivity contribution < 1.29 is 27.4 Å². The first-order valence-corrected chi connectivity index (χ1v) is 12.0. The lowest BCUT2D eigenvalue weighted by Gasteiger charge is -2.17. The quantitative estimate of drug-likeness (QED) is 0.583. The number of nitrogens with one attached hydrogen (secondary N) is 1. The summed E-state index contributed by atoms with van der Waals surface area (Å²) < 4.78 is 43.0. The fraction of sp³-hybridized carbons (Fsp3) is 0.435. The van der Waals surface area contributed by atoms with Crippen molar-refractivity contribution in [3.63, 3.8) is 0 Å². The molecule has 1 N–H and O–H groups in total. The smallest absolute Gasteiger partial charge is 0.257 e. The topological polar surface area (TPSA) is 94.2 Å². The van der Waals surface area contributed by atoms with Gasteiger partial charge in [0.2, 0.25) is 10.0 Å². The number of methoxy groups -OCH3 is 2. The molecule has 0 spiro atoms.